The summed E-state index contributed by atoms with van der Waals surface area (Å²) in [7, 11) is 0. The maximum absolute atomic E-state index is 9.18. The van der Waals surface area contributed by atoms with Crippen LogP contribution in [0.15, 0.2) is 108 Å². The Balaban J connectivity index is 1.33. The van der Waals surface area contributed by atoms with Gasteiger partial charge in [-0.25, -0.2) is 0 Å². The number of para-hydroxylation sites is 2. The van der Waals surface area contributed by atoms with E-state index in [0.717, 1.165) is 75.4 Å². The molecule has 0 amide bonds. The lowest BCUT2D eigenvalue weighted by atomic mass is 9.71. The van der Waals surface area contributed by atoms with Gasteiger partial charge in [0.15, 0.2) is 0 Å². The van der Waals surface area contributed by atoms with Crippen LogP contribution in [0.25, 0.3) is 55.4 Å². The van der Waals surface area contributed by atoms with Crippen LogP contribution in [0.4, 0.5) is 0 Å². The summed E-state index contributed by atoms with van der Waals surface area (Å²) in [5.74, 6) is -0.611. The second kappa shape index (κ2) is 9.78. The molecule has 2 nitrogen and oxygen atoms in total. The van der Waals surface area contributed by atoms with Crippen LogP contribution in [0.2, 0.25) is 0 Å². The average molecular weight is 526 g/mol. The van der Waals surface area contributed by atoms with Gasteiger partial charge in [0.25, 0.3) is 0 Å². The quantitative estimate of drug-likeness (QED) is 0.229. The highest BCUT2D eigenvalue weighted by atomic mass is 16.3. The highest BCUT2D eigenvalue weighted by Crippen LogP contribution is 2.43. The molecule has 0 radical (unpaired) electrons. The van der Waals surface area contributed by atoms with Gasteiger partial charge in [-0.05, 0) is 83.8 Å². The second-order valence-corrected chi connectivity index (χ2v) is 11.8. The number of rotatable bonds is 4. The molecule has 0 spiro atoms. The van der Waals surface area contributed by atoms with Gasteiger partial charge in [-0.15, -0.1) is 0 Å². The minimum atomic E-state index is -2.33. The molecule has 2 heteroatoms. The van der Waals surface area contributed by atoms with Gasteiger partial charge in [0, 0.05) is 33.6 Å². The lowest BCUT2D eigenvalue weighted by Gasteiger charge is -2.34. The van der Waals surface area contributed by atoms with Crippen molar-refractivity contribution in [2.24, 2.45) is 5.41 Å². The molecule has 2 heterocycles. The number of nitrogens with zero attached hydrogens (tertiary/aromatic N) is 1. The molecule has 0 aliphatic heterocycles. The largest absolute Gasteiger partial charge is 0.455 e. The van der Waals surface area contributed by atoms with Crippen molar-refractivity contribution in [3.63, 3.8) is 0 Å². The number of pyridine rings is 1. The fourth-order valence-corrected chi connectivity index (χ4v) is 6.11. The van der Waals surface area contributed by atoms with Crippen molar-refractivity contribution in [1.29, 1.82) is 0 Å². The molecule has 0 N–H and O–H groups in total. The summed E-state index contributed by atoms with van der Waals surface area (Å²) in [6.07, 6.45) is 5.18. The number of furan rings is 1. The summed E-state index contributed by atoms with van der Waals surface area (Å²) in [6.45, 7) is 2.23. The highest BCUT2D eigenvalue weighted by Gasteiger charge is 2.27. The van der Waals surface area contributed by atoms with E-state index < -0.39 is 12.7 Å². The fraction of sp³-hybridized carbons (Fsp3) is 0.237. The summed E-state index contributed by atoms with van der Waals surface area (Å²) in [4.78, 5) is 4.67. The van der Waals surface area contributed by atoms with E-state index in [2.05, 4.69) is 49.2 Å². The van der Waals surface area contributed by atoms with Gasteiger partial charge in [-0.2, -0.15) is 0 Å². The highest BCUT2D eigenvalue weighted by molar-refractivity contribution is 6.12. The van der Waals surface area contributed by atoms with E-state index in [9.17, 15) is 1.37 Å². The fourth-order valence-electron chi connectivity index (χ4n) is 6.11. The zero-order valence-corrected chi connectivity index (χ0v) is 23.0. The number of hydrogen-bond donors (Lipinski definition) is 0. The van der Waals surface area contributed by atoms with Crippen LogP contribution in [0.3, 0.4) is 0 Å². The summed E-state index contributed by atoms with van der Waals surface area (Å²) in [6, 6.07) is 32.2. The standard InChI is InChI=1S/C38H35NO/c1-25-24-39-35(23-34(25)29-17-15-26(16-18-29)27-19-21-38(2,3)22-20-27)33-14-8-13-32-31-12-7-11-30(36(31)40-37(32)33)28-9-5-4-6-10-28/h4-18,23-24,27H,19-22H2,1-3H3/i1D3,27D. The molecule has 0 bridgehead atoms. The Morgan fingerprint density at radius 2 is 1.40 bits per heavy atom. The molecule has 1 saturated carbocycles. The van der Waals surface area contributed by atoms with Crippen LogP contribution in [0.5, 0.6) is 0 Å². The van der Waals surface area contributed by atoms with Crippen LogP contribution < -0.4 is 0 Å². The number of aromatic nitrogens is 1. The molecule has 6 aromatic rings. The molecule has 1 aliphatic rings. The minimum absolute atomic E-state index is 0.206. The topological polar surface area (TPSA) is 26.0 Å². The third-order valence-corrected chi connectivity index (χ3v) is 8.60. The van der Waals surface area contributed by atoms with Gasteiger partial charge in [-0.3, -0.25) is 4.98 Å². The summed E-state index contributed by atoms with van der Waals surface area (Å²) in [5, 5.41) is 2.01. The molecule has 7 rings (SSSR count). The number of aryl methyl sites for hydroxylation is 1. The van der Waals surface area contributed by atoms with Crippen LogP contribution in [0.1, 0.15) is 62.0 Å². The minimum Gasteiger partial charge on any atom is -0.455 e. The van der Waals surface area contributed by atoms with Crippen LogP contribution in [-0.2, 0) is 0 Å². The number of benzene rings is 4. The number of fused-ring (bicyclic) bond motifs is 3. The first-order chi connectivity index (χ1) is 21.0. The summed E-state index contributed by atoms with van der Waals surface area (Å²) < 4.78 is 40.6. The molecule has 40 heavy (non-hydrogen) atoms. The number of hydrogen-bond acceptors (Lipinski definition) is 2. The van der Waals surface area contributed by atoms with Crippen molar-refractivity contribution in [3.05, 3.63) is 114 Å². The molecular weight excluding hydrogens is 486 g/mol. The van der Waals surface area contributed by atoms with Crippen molar-refractivity contribution >= 4 is 21.9 Å². The Hall–Kier alpha value is -4.17. The van der Waals surface area contributed by atoms with Gasteiger partial charge in [-0.1, -0.05) is 98.8 Å². The molecule has 0 unspecified atom stereocenters. The first kappa shape index (κ1) is 20.7. The first-order valence-corrected chi connectivity index (χ1v) is 14.1. The van der Waals surface area contributed by atoms with Gasteiger partial charge in [0.05, 0.1) is 5.69 Å². The Kier molecular flexibility index (Phi) is 5.06. The van der Waals surface area contributed by atoms with Gasteiger partial charge in [0.1, 0.15) is 11.2 Å². The van der Waals surface area contributed by atoms with Crippen molar-refractivity contribution in [3.8, 4) is 33.5 Å². The van der Waals surface area contributed by atoms with E-state index >= 15 is 0 Å². The van der Waals surface area contributed by atoms with Gasteiger partial charge in [0.2, 0.25) is 0 Å². The maximum Gasteiger partial charge on any atom is 0.144 e. The Labute approximate surface area is 242 Å². The third kappa shape index (κ3) is 4.42. The van der Waals surface area contributed by atoms with Gasteiger partial charge < -0.3 is 4.42 Å². The molecular formula is C38H35NO. The molecule has 0 saturated heterocycles. The van der Waals surface area contributed by atoms with Crippen molar-refractivity contribution in [2.75, 3.05) is 0 Å². The predicted octanol–water partition coefficient (Wildman–Crippen LogP) is 11.0. The van der Waals surface area contributed by atoms with Crippen LogP contribution >= 0.6 is 0 Å². The molecule has 2 aromatic heterocycles. The lowest BCUT2D eigenvalue weighted by Crippen LogP contribution is -2.20. The zero-order valence-electron chi connectivity index (χ0n) is 27.0. The Morgan fingerprint density at radius 3 is 2.10 bits per heavy atom. The van der Waals surface area contributed by atoms with E-state index in [-0.39, 0.29) is 11.0 Å². The molecule has 0 atom stereocenters. The Morgan fingerprint density at radius 1 is 0.750 bits per heavy atom. The van der Waals surface area contributed by atoms with Crippen molar-refractivity contribution in [2.45, 2.75) is 52.3 Å². The smallest absolute Gasteiger partial charge is 0.144 e. The third-order valence-electron chi connectivity index (χ3n) is 8.60. The van der Waals surface area contributed by atoms with E-state index in [1.165, 1.54) is 6.20 Å². The Bertz CT molecular complexity index is 1980. The second-order valence-electron chi connectivity index (χ2n) is 11.8. The normalized spacial score (nSPS) is 18.1. The van der Waals surface area contributed by atoms with Crippen LogP contribution in [0, 0.1) is 12.3 Å². The summed E-state index contributed by atoms with van der Waals surface area (Å²) >= 11 is 0. The molecule has 1 fully saturated rings. The molecule has 4 aromatic carbocycles. The van der Waals surface area contributed by atoms with Crippen molar-refractivity contribution < 1.29 is 9.90 Å². The SMILES string of the molecule is [2H]C([2H])([2H])c1cnc(-c2cccc3c2oc2c(-c4ccccc4)cccc23)cc1-c1ccc(C2([2H])CCC(C)(C)CC2)cc1. The molecule has 1 aliphatic carbocycles. The van der Waals surface area contributed by atoms with Crippen molar-refractivity contribution in [1.82, 2.24) is 4.98 Å². The predicted molar refractivity (Wildman–Crippen MR) is 168 cm³/mol. The maximum atomic E-state index is 9.18. The lowest BCUT2D eigenvalue weighted by molar-refractivity contribution is 0.224. The van der Waals surface area contributed by atoms with Gasteiger partial charge >= 0.3 is 0 Å². The van der Waals surface area contributed by atoms with E-state index in [1.807, 2.05) is 66.7 Å². The van der Waals surface area contributed by atoms with E-state index in [1.54, 1.807) is 0 Å². The van der Waals surface area contributed by atoms with E-state index in [4.69, 9.17) is 8.53 Å². The first-order valence-electron chi connectivity index (χ1n) is 16.1. The average Bonchev–Trinajstić information content (AvgIpc) is 3.42. The monoisotopic (exact) mass is 525 g/mol. The summed E-state index contributed by atoms with van der Waals surface area (Å²) in [5.41, 5.74) is 7.97. The van der Waals surface area contributed by atoms with Crippen LogP contribution in [-0.4, -0.2) is 4.98 Å². The zero-order chi connectivity index (χ0) is 30.7. The molecule has 198 valence electrons. The van der Waals surface area contributed by atoms with E-state index in [0.29, 0.717) is 11.3 Å².